The maximum atomic E-state index is 10.6. The zero-order valence-corrected chi connectivity index (χ0v) is 15.6. The Labute approximate surface area is 152 Å². The van der Waals surface area contributed by atoms with Crippen molar-refractivity contribution in [3.63, 3.8) is 0 Å². The average Bonchev–Trinajstić information content (AvgIpc) is 3.10. The number of nitrogens with one attached hydrogen (secondary N) is 2. The first-order valence-corrected chi connectivity index (χ1v) is 9.30. The monoisotopic (exact) mass is 365 g/mol. The van der Waals surface area contributed by atoms with Gasteiger partial charge in [-0.3, -0.25) is 0 Å². The van der Waals surface area contributed by atoms with Crippen molar-refractivity contribution in [1.82, 2.24) is 10.6 Å². The number of aliphatic hydroxyl groups is 1. The Kier molecular flexibility index (Phi) is 7.09. The Morgan fingerprint density at radius 2 is 2.00 bits per heavy atom. The molecule has 6 heteroatoms. The summed E-state index contributed by atoms with van der Waals surface area (Å²) in [5.74, 6) is 0.711. The molecule has 0 fully saturated rings. The largest absolute Gasteiger partial charge is 0.383 e. The van der Waals surface area contributed by atoms with Gasteiger partial charge in [-0.25, -0.2) is 4.99 Å². The highest BCUT2D eigenvalue weighted by Gasteiger charge is 2.23. The molecule has 3 N–H and O–H groups in total. The van der Waals surface area contributed by atoms with Gasteiger partial charge >= 0.3 is 0 Å². The lowest BCUT2D eigenvalue weighted by Crippen LogP contribution is -2.39. The van der Waals surface area contributed by atoms with Crippen LogP contribution >= 0.6 is 22.9 Å². The molecule has 0 aliphatic rings. The molecule has 2 aromatic rings. The number of benzene rings is 1. The van der Waals surface area contributed by atoms with Crippen LogP contribution in [0.25, 0.3) is 0 Å². The van der Waals surface area contributed by atoms with Crippen molar-refractivity contribution in [3.05, 3.63) is 57.2 Å². The van der Waals surface area contributed by atoms with E-state index >= 15 is 0 Å². The lowest BCUT2D eigenvalue weighted by atomic mass is 10.1. The first kappa shape index (κ1) is 18.8. The third-order valence-corrected chi connectivity index (χ3v) is 4.94. The number of guanidine groups is 1. The number of nitrogens with zero attached hydrogens (tertiary/aromatic N) is 1. The Hall–Kier alpha value is -1.56. The van der Waals surface area contributed by atoms with Crippen LogP contribution in [0.5, 0.6) is 0 Å². The van der Waals surface area contributed by atoms with E-state index in [9.17, 15) is 5.11 Å². The van der Waals surface area contributed by atoms with Crippen molar-refractivity contribution in [3.8, 4) is 0 Å². The van der Waals surface area contributed by atoms with Gasteiger partial charge in [0.1, 0.15) is 5.60 Å². The number of hydrogen-bond acceptors (Lipinski definition) is 3. The Bertz CT molecular complexity index is 639. The molecular formula is C18H24ClN3OS. The summed E-state index contributed by atoms with van der Waals surface area (Å²) >= 11 is 7.44. The molecule has 130 valence electrons. The van der Waals surface area contributed by atoms with E-state index in [2.05, 4.69) is 15.6 Å². The van der Waals surface area contributed by atoms with Gasteiger partial charge in [-0.1, -0.05) is 29.8 Å². The molecule has 0 radical (unpaired) electrons. The van der Waals surface area contributed by atoms with Crippen LogP contribution in [-0.4, -0.2) is 30.7 Å². The lowest BCUT2D eigenvalue weighted by molar-refractivity contribution is 0.0711. The van der Waals surface area contributed by atoms with Crippen LogP contribution in [0.4, 0.5) is 0 Å². The molecule has 0 bridgehead atoms. The molecule has 0 saturated carbocycles. The normalized spacial score (nSPS) is 14.2. The predicted molar refractivity (Wildman–Crippen MR) is 103 cm³/mol. The Balaban J connectivity index is 1.89. The molecule has 0 aliphatic carbocycles. The predicted octanol–water partition coefficient (Wildman–Crippen LogP) is 3.41. The standard InChI is InChI=1S/C18H24ClN3OS/c1-3-20-17(21-11-10-14-6-8-15(19)9-7-14)22-13-18(2,23)16-5-4-12-24-16/h4-9,12,23H,3,10-11,13H2,1-2H3,(H2,20,21,22). The Morgan fingerprint density at radius 3 is 2.62 bits per heavy atom. The summed E-state index contributed by atoms with van der Waals surface area (Å²) in [6, 6.07) is 11.7. The fourth-order valence-electron chi connectivity index (χ4n) is 2.21. The van der Waals surface area contributed by atoms with Crippen LogP contribution < -0.4 is 10.6 Å². The van der Waals surface area contributed by atoms with E-state index in [1.54, 1.807) is 18.3 Å². The quantitative estimate of drug-likeness (QED) is 0.520. The minimum Gasteiger partial charge on any atom is -0.383 e. The van der Waals surface area contributed by atoms with Gasteiger partial charge in [0, 0.05) is 23.0 Å². The van der Waals surface area contributed by atoms with Crippen LogP contribution in [0.3, 0.4) is 0 Å². The number of hydrogen-bond donors (Lipinski definition) is 3. The number of rotatable bonds is 7. The van der Waals surface area contributed by atoms with E-state index < -0.39 is 5.60 Å². The Morgan fingerprint density at radius 1 is 1.25 bits per heavy atom. The van der Waals surface area contributed by atoms with Crippen LogP contribution in [-0.2, 0) is 12.0 Å². The third-order valence-electron chi connectivity index (χ3n) is 3.56. The highest BCUT2D eigenvalue weighted by molar-refractivity contribution is 7.10. The maximum Gasteiger partial charge on any atom is 0.191 e. The molecule has 0 saturated heterocycles. The molecule has 1 unspecified atom stereocenters. The van der Waals surface area contributed by atoms with E-state index in [4.69, 9.17) is 11.6 Å². The topological polar surface area (TPSA) is 56.7 Å². The van der Waals surface area contributed by atoms with E-state index in [0.29, 0.717) is 12.5 Å². The summed E-state index contributed by atoms with van der Waals surface area (Å²) in [5.41, 5.74) is 0.264. The van der Waals surface area contributed by atoms with Gasteiger partial charge in [-0.05, 0) is 49.4 Å². The van der Waals surface area contributed by atoms with E-state index in [0.717, 1.165) is 29.4 Å². The summed E-state index contributed by atoms with van der Waals surface area (Å²) in [5, 5.41) is 19.8. The molecule has 1 aromatic heterocycles. The molecule has 0 aliphatic heterocycles. The van der Waals surface area contributed by atoms with Gasteiger partial charge in [-0.2, -0.15) is 0 Å². The van der Waals surface area contributed by atoms with Gasteiger partial charge in [0.2, 0.25) is 0 Å². The summed E-state index contributed by atoms with van der Waals surface area (Å²) in [6.07, 6.45) is 0.878. The van der Waals surface area contributed by atoms with Crippen molar-refractivity contribution in [1.29, 1.82) is 0 Å². The molecule has 1 atom stereocenters. The van der Waals surface area contributed by atoms with E-state index in [1.165, 1.54) is 5.56 Å². The van der Waals surface area contributed by atoms with E-state index in [-0.39, 0.29) is 0 Å². The van der Waals surface area contributed by atoms with E-state index in [1.807, 2.05) is 48.7 Å². The molecule has 0 spiro atoms. The fraction of sp³-hybridized carbons (Fsp3) is 0.389. The van der Waals surface area contributed by atoms with Crippen molar-refractivity contribution in [2.45, 2.75) is 25.9 Å². The molecule has 2 rings (SSSR count). The number of halogens is 1. The van der Waals surface area contributed by atoms with Crippen molar-refractivity contribution < 1.29 is 5.11 Å². The highest BCUT2D eigenvalue weighted by atomic mass is 35.5. The highest BCUT2D eigenvalue weighted by Crippen LogP contribution is 2.25. The second-order valence-corrected chi connectivity index (χ2v) is 7.13. The SMILES string of the molecule is CCNC(=NCC(C)(O)c1cccs1)NCCc1ccc(Cl)cc1. The summed E-state index contributed by atoms with van der Waals surface area (Å²) in [4.78, 5) is 5.44. The average molecular weight is 366 g/mol. The van der Waals surface area contributed by atoms with Gasteiger partial charge in [0.05, 0.1) is 6.54 Å². The first-order valence-electron chi connectivity index (χ1n) is 8.04. The minimum atomic E-state index is -0.952. The van der Waals surface area contributed by atoms with Crippen molar-refractivity contribution >= 4 is 28.9 Å². The molecular weight excluding hydrogens is 342 g/mol. The molecule has 1 aromatic carbocycles. The summed E-state index contributed by atoms with van der Waals surface area (Å²) in [7, 11) is 0. The van der Waals surface area contributed by atoms with Gasteiger partial charge in [0.25, 0.3) is 0 Å². The zero-order chi connectivity index (χ0) is 17.4. The molecule has 4 nitrogen and oxygen atoms in total. The lowest BCUT2D eigenvalue weighted by Gasteiger charge is -2.20. The molecule has 24 heavy (non-hydrogen) atoms. The second kappa shape index (κ2) is 9.06. The van der Waals surface area contributed by atoms with Gasteiger partial charge < -0.3 is 15.7 Å². The van der Waals surface area contributed by atoms with Crippen molar-refractivity contribution in [2.75, 3.05) is 19.6 Å². The summed E-state index contributed by atoms with van der Waals surface area (Å²) < 4.78 is 0. The van der Waals surface area contributed by atoms with Crippen LogP contribution in [0.15, 0.2) is 46.8 Å². The third kappa shape index (κ3) is 5.82. The van der Waals surface area contributed by atoms with Gasteiger partial charge in [-0.15, -0.1) is 11.3 Å². The maximum absolute atomic E-state index is 10.6. The number of thiophene rings is 1. The minimum absolute atomic E-state index is 0.309. The van der Waals surface area contributed by atoms with Crippen LogP contribution in [0, 0.1) is 0 Å². The van der Waals surface area contributed by atoms with Crippen LogP contribution in [0.1, 0.15) is 24.3 Å². The molecule has 0 amide bonds. The summed E-state index contributed by atoms with van der Waals surface area (Å²) in [6.45, 7) is 5.65. The zero-order valence-electron chi connectivity index (χ0n) is 14.1. The second-order valence-electron chi connectivity index (χ2n) is 5.75. The van der Waals surface area contributed by atoms with Gasteiger partial charge in [0.15, 0.2) is 5.96 Å². The number of aliphatic imine (C=N–C) groups is 1. The first-order chi connectivity index (χ1) is 11.5. The van der Waals surface area contributed by atoms with Crippen molar-refractivity contribution in [2.24, 2.45) is 4.99 Å². The van der Waals surface area contributed by atoms with Crippen LogP contribution in [0.2, 0.25) is 5.02 Å². The molecule has 1 heterocycles. The smallest absolute Gasteiger partial charge is 0.191 e. The fourth-order valence-corrected chi connectivity index (χ4v) is 3.12.